The van der Waals surface area contributed by atoms with Crippen molar-refractivity contribution in [3.8, 4) is 0 Å². The summed E-state index contributed by atoms with van der Waals surface area (Å²) in [5, 5.41) is 12.4. The summed E-state index contributed by atoms with van der Waals surface area (Å²) < 4.78 is 42.6. The van der Waals surface area contributed by atoms with Crippen molar-refractivity contribution in [3.63, 3.8) is 0 Å². The number of aliphatic hydroxyl groups excluding tert-OH is 1. The summed E-state index contributed by atoms with van der Waals surface area (Å²) in [5.74, 6) is -0.624. The molecule has 11 nitrogen and oxygen atoms in total. The van der Waals surface area contributed by atoms with E-state index < -0.39 is 62.7 Å². The molecule has 13 heteroatoms. The molecule has 0 amide bonds. The van der Waals surface area contributed by atoms with Gasteiger partial charge >= 0.3 is 19.8 Å². The molecule has 0 aromatic carbocycles. The molecule has 0 spiro atoms. The number of hydrogen-bond acceptors (Lipinski definition) is 8. The van der Waals surface area contributed by atoms with Gasteiger partial charge in [-0.1, -0.05) is 5.09 Å². The van der Waals surface area contributed by atoms with E-state index in [4.69, 9.17) is 14.0 Å². The van der Waals surface area contributed by atoms with Crippen LogP contribution in [0.3, 0.4) is 0 Å². The summed E-state index contributed by atoms with van der Waals surface area (Å²) in [4.78, 5) is 37.1. The summed E-state index contributed by atoms with van der Waals surface area (Å²) >= 11 is 0. The van der Waals surface area contributed by atoms with Gasteiger partial charge in [-0.15, -0.1) is 4.52 Å². The lowest BCUT2D eigenvalue weighted by Crippen LogP contribution is -2.36. The highest BCUT2D eigenvalue weighted by atomic mass is 31.1. The Kier molecular flexibility index (Phi) is 7.78. The van der Waals surface area contributed by atoms with Crippen LogP contribution in [0.15, 0.2) is 15.8 Å². The zero-order valence-electron chi connectivity index (χ0n) is 16.3. The Morgan fingerprint density at radius 3 is 2.72 bits per heavy atom. The molecule has 29 heavy (non-hydrogen) atoms. The van der Waals surface area contributed by atoms with Gasteiger partial charge in [-0.3, -0.25) is 19.1 Å². The second kappa shape index (κ2) is 9.68. The molecule has 2 rings (SSSR count). The Morgan fingerprint density at radius 2 is 2.10 bits per heavy atom. The van der Waals surface area contributed by atoms with Crippen LogP contribution in [0.2, 0.25) is 0 Å². The van der Waals surface area contributed by atoms with Crippen molar-refractivity contribution >= 4 is 14.1 Å². The topological polar surface area (TPSA) is 149 Å². The average molecular weight is 436 g/mol. The highest BCUT2D eigenvalue weighted by molar-refractivity contribution is 7.36. The van der Waals surface area contributed by atoms with Gasteiger partial charge in [0.1, 0.15) is 24.9 Å². The number of H-pyrrole nitrogens is 1. The molecule has 1 fully saturated rings. The minimum atomic E-state index is -2.54. The van der Waals surface area contributed by atoms with Crippen LogP contribution in [-0.2, 0) is 23.4 Å². The fraction of sp³-hybridized carbons (Fsp3) is 0.688. The van der Waals surface area contributed by atoms with Crippen LogP contribution in [-0.4, -0.2) is 57.8 Å². The summed E-state index contributed by atoms with van der Waals surface area (Å²) in [6.45, 7) is 5.72. The number of carbonyl (C=O) groups excluding carboxylic acids is 1. The number of nitrogens with one attached hydrogen (secondary N) is 2. The molecule has 0 saturated carbocycles. The van der Waals surface area contributed by atoms with Gasteiger partial charge in [-0.25, -0.2) is 9.18 Å². The monoisotopic (exact) mass is 436 g/mol. The van der Waals surface area contributed by atoms with Crippen molar-refractivity contribution in [1.29, 1.82) is 0 Å². The predicted octanol–water partition coefficient (Wildman–Crippen LogP) is 0.0451. The van der Waals surface area contributed by atoms with Gasteiger partial charge in [0, 0.05) is 11.8 Å². The molecule has 2 heterocycles. The number of aryl methyl sites for hydroxylation is 1. The first-order valence-corrected chi connectivity index (χ1v) is 10.1. The van der Waals surface area contributed by atoms with E-state index in [2.05, 4.69) is 5.09 Å². The Hall–Kier alpha value is -1.98. The lowest BCUT2D eigenvalue weighted by atomic mass is 10.1. The molecule has 1 aromatic heterocycles. The Labute approximate surface area is 166 Å². The largest absolute Gasteiger partial charge is 0.613 e. The SMILES string of the molecule is Cc1cn([C@H]2O[C@@H](CO[P+](=O)NC(C)C(=O)OC(C)C)C(O)C2F)c(=O)[nH]c1=O. The van der Waals surface area contributed by atoms with E-state index in [0.717, 1.165) is 10.8 Å². The molecule has 1 saturated heterocycles. The van der Waals surface area contributed by atoms with E-state index in [-0.39, 0.29) is 11.7 Å². The molecular weight excluding hydrogens is 412 g/mol. The Morgan fingerprint density at radius 1 is 1.45 bits per heavy atom. The van der Waals surface area contributed by atoms with E-state index in [1.165, 1.54) is 13.8 Å². The second-order valence-electron chi connectivity index (χ2n) is 6.87. The van der Waals surface area contributed by atoms with Crippen molar-refractivity contribution in [2.75, 3.05) is 6.61 Å². The van der Waals surface area contributed by atoms with Crippen molar-refractivity contribution in [2.24, 2.45) is 0 Å². The van der Waals surface area contributed by atoms with E-state index >= 15 is 0 Å². The van der Waals surface area contributed by atoms with Gasteiger partial charge < -0.3 is 14.6 Å². The van der Waals surface area contributed by atoms with Crippen LogP contribution in [0, 0.1) is 6.92 Å². The van der Waals surface area contributed by atoms with Crippen LogP contribution in [0.5, 0.6) is 0 Å². The minimum absolute atomic E-state index is 0.157. The molecule has 3 N–H and O–H groups in total. The zero-order chi connectivity index (χ0) is 21.9. The van der Waals surface area contributed by atoms with Gasteiger partial charge in [0.15, 0.2) is 12.4 Å². The van der Waals surface area contributed by atoms with Crippen molar-refractivity contribution < 1.29 is 32.9 Å². The minimum Gasteiger partial charge on any atom is -0.462 e. The van der Waals surface area contributed by atoms with Crippen molar-refractivity contribution in [2.45, 2.75) is 64.4 Å². The molecule has 162 valence electrons. The van der Waals surface area contributed by atoms with Gasteiger partial charge in [-0.05, 0) is 32.3 Å². The predicted molar refractivity (Wildman–Crippen MR) is 98.3 cm³/mol. The average Bonchev–Trinajstić information content (AvgIpc) is 2.90. The maximum absolute atomic E-state index is 14.5. The lowest BCUT2D eigenvalue weighted by Gasteiger charge is -2.16. The number of rotatable bonds is 8. The number of carbonyl (C=O) groups is 1. The van der Waals surface area contributed by atoms with Gasteiger partial charge in [0.2, 0.25) is 0 Å². The number of alkyl halides is 1. The highest BCUT2D eigenvalue weighted by Crippen LogP contribution is 2.32. The van der Waals surface area contributed by atoms with E-state index in [1.54, 1.807) is 13.8 Å². The van der Waals surface area contributed by atoms with Gasteiger partial charge in [0.05, 0.1) is 6.10 Å². The lowest BCUT2D eigenvalue weighted by molar-refractivity contribution is -0.149. The first-order chi connectivity index (χ1) is 13.5. The molecule has 0 radical (unpaired) electrons. The van der Waals surface area contributed by atoms with Crippen LogP contribution in [0.4, 0.5) is 4.39 Å². The van der Waals surface area contributed by atoms with Crippen LogP contribution in [0.25, 0.3) is 0 Å². The third-order valence-corrected chi connectivity index (χ3v) is 5.06. The molecule has 1 aliphatic heterocycles. The van der Waals surface area contributed by atoms with Crippen LogP contribution in [0.1, 0.15) is 32.6 Å². The highest BCUT2D eigenvalue weighted by Gasteiger charge is 2.47. The number of halogens is 1. The molecule has 0 aliphatic carbocycles. The van der Waals surface area contributed by atoms with Gasteiger partial charge in [0.25, 0.3) is 5.56 Å². The summed E-state index contributed by atoms with van der Waals surface area (Å²) in [5.41, 5.74) is -1.36. The molecule has 1 aliphatic rings. The first kappa shape index (κ1) is 23.3. The molecule has 4 unspecified atom stereocenters. The van der Waals surface area contributed by atoms with Crippen molar-refractivity contribution in [3.05, 3.63) is 32.6 Å². The summed E-state index contributed by atoms with van der Waals surface area (Å²) in [7, 11) is -2.54. The second-order valence-corrected chi connectivity index (χ2v) is 7.90. The van der Waals surface area contributed by atoms with Crippen LogP contribution >= 0.6 is 8.18 Å². The number of esters is 1. The zero-order valence-corrected chi connectivity index (χ0v) is 17.2. The Balaban J connectivity index is 1.97. The summed E-state index contributed by atoms with van der Waals surface area (Å²) in [6.07, 6.45) is -5.59. The van der Waals surface area contributed by atoms with Crippen molar-refractivity contribution in [1.82, 2.24) is 14.6 Å². The fourth-order valence-electron chi connectivity index (χ4n) is 2.56. The fourth-order valence-corrected chi connectivity index (χ4v) is 3.34. The number of aromatic amines is 1. The standard InChI is InChI=1S/C16H23FN3O8P/c1-7(2)27-15(23)9(4)19-29(25)26-6-10-12(21)11(17)14(28-10)20-5-8(3)13(22)18-16(20)24/h5,7,9-12,14,21H,6H2,1-4H3,(H-,18,19,22,24,25)/p+1/t9?,10-,11?,12?,14-/m0/s1. The number of ether oxygens (including phenoxy) is 2. The first-order valence-electron chi connectivity index (χ1n) is 8.87. The number of nitrogens with zero attached hydrogens (tertiary/aromatic N) is 1. The molecule has 6 atom stereocenters. The number of aromatic nitrogens is 2. The van der Waals surface area contributed by atoms with Crippen LogP contribution < -0.4 is 16.3 Å². The quantitative estimate of drug-likeness (QED) is 0.379. The van der Waals surface area contributed by atoms with E-state index in [9.17, 15) is 28.4 Å². The molecule has 1 aromatic rings. The number of aliphatic hydroxyl groups is 1. The van der Waals surface area contributed by atoms with Gasteiger partial charge in [-0.2, -0.15) is 0 Å². The Bertz CT molecular complexity index is 872. The molecular formula is C16H24FN3O8P+. The van der Waals surface area contributed by atoms with E-state index in [1.807, 2.05) is 4.98 Å². The third-order valence-electron chi connectivity index (χ3n) is 4.07. The third kappa shape index (κ3) is 5.77. The van der Waals surface area contributed by atoms with E-state index in [0.29, 0.717) is 0 Å². The summed E-state index contributed by atoms with van der Waals surface area (Å²) in [6, 6.07) is -0.917. The normalized spacial score (nSPS) is 25.8. The maximum atomic E-state index is 14.5. The number of hydrogen-bond donors (Lipinski definition) is 3. The molecule has 0 bridgehead atoms. The smallest absolute Gasteiger partial charge is 0.462 e. The maximum Gasteiger partial charge on any atom is 0.613 e.